The van der Waals surface area contributed by atoms with Crippen LogP contribution in [0.1, 0.15) is 32.8 Å². The molecule has 3 aromatic carbocycles. The molecule has 37 heavy (non-hydrogen) atoms. The molecule has 6 heteroatoms. The molecule has 0 spiro atoms. The molecule has 192 valence electrons. The highest BCUT2D eigenvalue weighted by Crippen LogP contribution is 2.28. The Morgan fingerprint density at radius 3 is 2.46 bits per heavy atom. The largest absolute Gasteiger partial charge is 0.497 e. The van der Waals surface area contributed by atoms with Gasteiger partial charge in [0.2, 0.25) is 0 Å². The molecule has 0 amide bonds. The Labute approximate surface area is 224 Å². The molecule has 0 radical (unpaired) electrons. The van der Waals surface area contributed by atoms with Crippen LogP contribution >= 0.6 is 11.3 Å². The van der Waals surface area contributed by atoms with Crippen LogP contribution in [0, 0.1) is 20.8 Å². The van der Waals surface area contributed by atoms with E-state index in [0.717, 1.165) is 46.2 Å². The summed E-state index contributed by atoms with van der Waals surface area (Å²) in [6.07, 6.45) is 2.71. The van der Waals surface area contributed by atoms with Crippen LogP contribution < -0.4 is 4.74 Å². The van der Waals surface area contributed by atoms with Gasteiger partial charge in [0.15, 0.2) is 0 Å². The quantitative estimate of drug-likeness (QED) is 0.121. The van der Waals surface area contributed by atoms with Gasteiger partial charge in [0, 0.05) is 31.0 Å². The van der Waals surface area contributed by atoms with Crippen LogP contribution in [-0.4, -0.2) is 43.5 Å². The molecule has 0 unspecified atom stereocenters. The van der Waals surface area contributed by atoms with Gasteiger partial charge < -0.3 is 14.4 Å². The van der Waals surface area contributed by atoms with Crippen LogP contribution in [-0.2, 0) is 17.8 Å². The summed E-state index contributed by atoms with van der Waals surface area (Å²) in [7, 11) is 3.69. The van der Waals surface area contributed by atoms with E-state index in [1.807, 2.05) is 37.7 Å². The van der Waals surface area contributed by atoms with Gasteiger partial charge in [0.1, 0.15) is 5.75 Å². The Balaban J connectivity index is 1.29. The van der Waals surface area contributed by atoms with Crippen LogP contribution in [0.4, 0.5) is 5.69 Å². The lowest BCUT2D eigenvalue weighted by atomic mass is 10.0. The van der Waals surface area contributed by atoms with E-state index in [4.69, 9.17) is 19.5 Å². The van der Waals surface area contributed by atoms with Crippen LogP contribution in [0.2, 0.25) is 0 Å². The van der Waals surface area contributed by atoms with Crippen molar-refractivity contribution in [2.24, 2.45) is 4.99 Å². The fourth-order valence-electron chi connectivity index (χ4n) is 3.94. The number of thiazole rings is 1. The van der Waals surface area contributed by atoms with E-state index < -0.39 is 0 Å². The third-order valence-corrected chi connectivity index (χ3v) is 7.15. The fourth-order valence-corrected chi connectivity index (χ4v) is 4.77. The molecule has 0 atom stereocenters. The van der Waals surface area contributed by atoms with E-state index in [1.165, 1.54) is 22.3 Å². The molecule has 4 rings (SSSR count). The first-order valence-electron chi connectivity index (χ1n) is 12.5. The highest BCUT2D eigenvalue weighted by molar-refractivity contribution is 7.10. The van der Waals surface area contributed by atoms with Gasteiger partial charge in [-0.1, -0.05) is 48.0 Å². The predicted molar refractivity (Wildman–Crippen MR) is 154 cm³/mol. The van der Waals surface area contributed by atoms with Crippen LogP contribution in [0.5, 0.6) is 5.75 Å². The minimum atomic E-state index is 0.584. The number of hydrogen-bond donors (Lipinski definition) is 0. The van der Waals surface area contributed by atoms with Gasteiger partial charge in [0.25, 0.3) is 0 Å². The van der Waals surface area contributed by atoms with E-state index in [1.54, 1.807) is 18.4 Å². The maximum absolute atomic E-state index is 5.82. The molecule has 0 aliphatic carbocycles. The second kappa shape index (κ2) is 12.7. The smallest absolute Gasteiger partial charge is 0.118 e. The average molecular weight is 514 g/mol. The van der Waals surface area contributed by atoms with Crippen LogP contribution in [0.15, 0.2) is 71.0 Å². The Morgan fingerprint density at radius 2 is 1.73 bits per heavy atom. The van der Waals surface area contributed by atoms with Crippen molar-refractivity contribution >= 4 is 23.4 Å². The van der Waals surface area contributed by atoms with Gasteiger partial charge in [-0.15, -0.1) is 11.3 Å². The molecular formula is C31H35N3O2S. The molecule has 0 bridgehead atoms. The fraction of sp³-hybridized carbons (Fsp3) is 0.290. The molecule has 0 saturated carbocycles. The van der Waals surface area contributed by atoms with Crippen molar-refractivity contribution in [1.29, 1.82) is 0 Å². The Morgan fingerprint density at radius 1 is 0.973 bits per heavy atom. The molecule has 5 nitrogen and oxygen atoms in total. The summed E-state index contributed by atoms with van der Waals surface area (Å²) < 4.78 is 11.0. The van der Waals surface area contributed by atoms with Gasteiger partial charge >= 0.3 is 0 Å². The maximum Gasteiger partial charge on any atom is 0.118 e. The van der Waals surface area contributed by atoms with Crippen molar-refractivity contribution in [2.75, 3.05) is 27.3 Å². The Hall–Kier alpha value is -3.48. The lowest BCUT2D eigenvalue weighted by molar-refractivity contribution is 0.112. The number of likely N-dealkylation sites (N-methyl/N-ethyl adjacent to an activating group) is 1. The van der Waals surface area contributed by atoms with Crippen LogP contribution in [0.25, 0.3) is 11.3 Å². The predicted octanol–water partition coefficient (Wildman–Crippen LogP) is 7.14. The van der Waals surface area contributed by atoms with Gasteiger partial charge in [-0.25, -0.2) is 9.98 Å². The zero-order valence-corrected chi connectivity index (χ0v) is 23.1. The number of ether oxygens (including phenoxy) is 2. The number of hydrogen-bond acceptors (Lipinski definition) is 5. The van der Waals surface area contributed by atoms with Crippen molar-refractivity contribution in [2.45, 2.75) is 33.8 Å². The minimum absolute atomic E-state index is 0.584. The number of rotatable bonds is 11. The Bertz CT molecular complexity index is 1330. The van der Waals surface area contributed by atoms with Crippen molar-refractivity contribution in [1.82, 2.24) is 9.88 Å². The van der Waals surface area contributed by atoms with E-state index in [-0.39, 0.29) is 0 Å². The maximum atomic E-state index is 5.82. The number of aliphatic imine (C=N–C) groups is 1. The second-order valence-electron chi connectivity index (χ2n) is 9.36. The normalized spacial score (nSPS) is 11.3. The van der Waals surface area contributed by atoms with Crippen molar-refractivity contribution < 1.29 is 9.47 Å². The van der Waals surface area contributed by atoms with Gasteiger partial charge in [-0.3, -0.25) is 0 Å². The summed E-state index contributed by atoms with van der Waals surface area (Å²) in [5.41, 5.74) is 9.29. The first-order chi connectivity index (χ1) is 17.9. The topological polar surface area (TPSA) is 47.0 Å². The molecule has 0 saturated heterocycles. The third kappa shape index (κ3) is 7.51. The number of nitrogens with zero attached hydrogens (tertiary/aromatic N) is 3. The van der Waals surface area contributed by atoms with Crippen molar-refractivity contribution in [3.63, 3.8) is 0 Å². The minimum Gasteiger partial charge on any atom is -0.497 e. The number of methoxy groups -OCH3 is 1. The molecule has 4 aromatic rings. The zero-order chi connectivity index (χ0) is 26.2. The van der Waals surface area contributed by atoms with Gasteiger partial charge in [-0.2, -0.15) is 0 Å². The summed E-state index contributed by atoms with van der Waals surface area (Å²) in [5.74, 6) is 0.855. The third-order valence-electron chi connectivity index (χ3n) is 6.31. The molecule has 0 N–H and O–H groups in total. The van der Waals surface area contributed by atoms with Gasteiger partial charge in [-0.05, 0) is 61.2 Å². The van der Waals surface area contributed by atoms with E-state index in [0.29, 0.717) is 13.2 Å². The summed E-state index contributed by atoms with van der Waals surface area (Å²) in [6.45, 7) is 8.35. The highest BCUT2D eigenvalue weighted by Gasteiger charge is 2.09. The SMILES string of the molecule is COc1ccc(COCCN(C)C=Nc2cc(C)c(Cc3nc(-c4ccc(C)cc4)cs3)cc2C)cc1. The van der Waals surface area contributed by atoms with Crippen LogP contribution in [0.3, 0.4) is 0 Å². The first-order valence-corrected chi connectivity index (χ1v) is 13.4. The molecule has 0 aliphatic heterocycles. The standard InChI is InChI=1S/C31H35N3O2S/c1-22-6-10-26(11-7-22)30-20-37-31(33-30)18-27-16-24(3)29(17-23(27)2)32-21-34(4)14-15-36-19-25-8-12-28(35-5)13-9-25/h6-13,16-17,20-21H,14-15,18-19H2,1-5H3. The lowest BCUT2D eigenvalue weighted by Gasteiger charge is -2.14. The molecule has 1 heterocycles. The summed E-state index contributed by atoms with van der Waals surface area (Å²) >= 11 is 1.72. The van der Waals surface area contributed by atoms with Crippen molar-refractivity contribution in [3.8, 4) is 17.0 Å². The lowest BCUT2D eigenvalue weighted by Crippen LogP contribution is -2.21. The average Bonchev–Trinajstić information content (AvgIpc) is 3.37. The molecule has 0 fully saturated rings. The number of aromatic nitrogens is 1. The van der Waals surface area contributed by atoms with E-state index in [9.17, 15) is 0 Å². The summed E-state index contributed by atoms with van der Waals surface area (Å²) in [6, 6.07) is 20.9. The van der Waals surface area contributed by atoms with E-state index in [2.05, 4.69) is 67.4 Å². The summed E-state index contributed by atoms with van der Waals surface area (Å²) in [5, 5.41) is 3.28. The zero-order valence-electron chi connectivity index (χ0n) is 22.3. The first kappa shape index (κ1) is 26.6. The molecular weight excluding hydrogens is 478 g/mol. The number of aryl methyl sites for hydroxylation is 3. The number of benzene rings is 3. The Kier molecular flexibility index (Phi) is 9.09. The van der Waals surface area contributed by atoms with E-state index >= 15 is 0 Å². The molecule has 0 aliphatic rings. The highest BCUT2D eigenvalue weighted by atomic mass is 32.1. The monoisotopic (exact) mass is 513 g/mol. The summed E-state index contributed by atoms with van der Waals surface area (Å²) in [4.78, 5) is 11.7. The van der Waals surface area contributed by atoms with Crippen molar-refractivity contribution in [3.05, 3.63) is 98.9 Å². The second-order valence-corrected chi connectivity index (χ2v) is 10.3. The van der Waals surface area contributed by atoms with Gasteiger partial charge in [0.05, 0.1) is 43.1 Å². The molecule has 1 aromatic heterocycles.